The molecule has 1 saturated heterocycles. The van der Waals surface area contributed by atoms with Crippen molar-refractivity contribution in [3.63, 3.8) is 0 Å². The van der Waals surface area contributed by atoms with Crippen LogP contribution in [-0.2, 0) is 4.79 Å². The lowest BCUT2D eigenvalue weighted by Gasteiger charge is -2.37. The number of rotatable bonds is 7. The van der Waals surface area contributed by atoms with E-state index in [0.717, 1.165) is 24.4 Å². The molecule has 1 aliphatic heterocycles. The molecule has 0 saturated carbocycles. The number of methoxy groups -OCH3 is 1. The lowest BCUT2D eigenvalue weighted by Crippen LogP contribution is -2.39. The third kappa shape index (κ3) is 4.37. The standard InChI is InChI=1S/C26H29NO4/c1-3-31-23-12-11-20(17-24(23)30-2)25(27-15-13-19(14-16-27)26(28)29)22-10-6-8-18-7-4-5-9-21(18)22/h4-12,17,19,25H,3,13-16H2,1-2H3,(H,28,29). The molecule has 1 unspecified atom stereocenters. The molecule has 4 rings (SSSR count). The maximum atomic E-state index is 11.5. The fraction of sp³-hybridized carbons (Fsp3) is 0.346. The molecule has 31 heavy (non-hydrogen) atoms. The zero-order valence-electron chi connectivity index (χ0n) is 18.1. The second kappa shape index (κ2) is 9.40. The number of carboxylic acids is 1. The van der Waals surface area contributed by atoms with Crippen LogP contribution in [0.5, 0.6) is 11.5 Å². The zero-order valence-corrected chi connectivity index (χ0v) is 18.1. The highest BCUT2D eigenvalue weighted by atomic mass is 16.5. The molecule has 0 bridgehead atoms. The van der Waals surface area contributed by atoms with Gasteiger partial charge in [0.25, 0.3) is 0 Å². The Morgan fingerprint density at radius 3 is 2.52 bits per heavy atom. The molecule has 5 heteroatoms. The second-order valence-corrected chi connectivity index (χ2v) is 7.96. The number of nitrogens with zero attached hydrogens (tertiary/aromatic N) is 1. The Hall–Kier alpha value is -3.05. The number of aliphatic carboxylic acids is 1. The number of carbonyl (C=O) groups is 1. The van der Waals surface area contributed by atoms with Gasteiger partial charge in [-0.1, -0.05) is 48.5 Å². The predicted molar refractivity (Wildman–Crippen MR) is 122 cm³/mol. The molecule has 0 aromatic heterocycles. The van der Waals surface area contributed by atoms with Crippen LogP contribution in [0.25, 0.3) is 10.8 Å². The molecular weight excluding hydrogens is 390 g/mol. The second-order valence-electron chi connectivity index (χ2n) is 7.96. The molecule has 1 atom stereocenters. The summed E-state index contributed by atoms with van der Waals surface area (Å²) < 4.78 is 11.3. The first-order valence-corrected chi connectivity index (χ1v) is 10.9. The highest BCUT2D eigenvalue weighted by Gasteiger charge is 2.31. The number of carboxylic acid groups (broad SMARTS) is 1. The fourth-order valence-electron chi connectivity index (χ4n) is 4.61. The summed E-state index contributed by atoms with van der Waals surface area (Å²) >= 11 is 0. The molecule has 0 radical (unpaired) electrons. The maximum Gasteiger partial charge on any atom is 0.306 e. The van der Waals surface area contributed by atoms with E-state index >= 15 is 0 Å². The van der Waals surface area contributed by atoms with Gasteiger partial charge in [0.05, 0.1) is 25.7 Å². The molecule has 1 fully saturated rings. The molecule has 1 heterocycles. The van der Waals surface area contributed by atoms with E-state index in [1.54, 1.807) is 7.11 Å². The minimum Gasteiger partial charge on any atom is -0.493 e. The zero-order chi connectivity index (χ0) is 21.8. The van der Waals surface area contributed by atoms with E-state index in [2.05, 4.69) is 59.5 Å². The largest absolute Gasteiger partial charge is 0.493 e. The lowest BCUT2D eigenvalue weighted by molar-refractivity contribution is -0.143. The van der Waals surface area contributed by atoms with E-state index in [9.17, 15) is 9.90 Å². The minimum absolute atomic E-state index is 0.00502. The van der Waals surface area contributed by atoms with E-state index in [0.29, 0.717) is 25.2 Å². The number of hydrogen-bond acceptors (Lipinski definition) is 4. The van der Waals surface area contributed by atoms with Gasteiger partial charge in [0, 0.05) is 0 Å². The molecule has 3 aromatic carbocycles. The molecular formula is C26H29NO4. The van der Waals surface area contributed by atoms with E-state index in [1.807, 2.05) is 13.0 Å². The first-order valence-electron chi connectivity index (χ1n) is 10.9. The molecule has 162 valence electrons. The number of likely N-dealkylation sites (tertiary alicyclic amines) is 1. The first kappa shape index (κ1) is 21.2. The molecule has 1 aliphatic rings. The van der Waals surface area contributed by atoms with Gasteiger partial charge in [0.15, 0.2) is 11.5 Å². The van der Waals surface area contributed by atoms with Crippen molar-refractivity contribution < 1.29 is 19.4 Å². The normalized spacial score (nSPS) is 16.2. The third-order valence-corrected chi connectivity index (χ3v) is 6.17. The van der Waals surface area contributed by atoms with Crippen molar-refractivity contribution in [3.05, 3.63) is 71.8 Å². The van der Waals surface area contributed by atoms with Crippen molar-refractivity contribution in [2.45, 2.75) is 25.8 Å². The average molecular weight is 420 g/mol. The SMILES string of the molecule is CCOc1ccc(C(c2cccc3ccccc23)N2CCC(C(=O)O)CC2)cc1OC. The number of piperidine rings is 1. The summed E-state index contributed by atoms with van der Waals surface area (Å²) in [5.41, 5.74) is 2.34. The van der Waals surface area contributed by atoms with E-state index in [-0.39, 0.29) is 12.0 Å². The van der Waals surface area contributed by atoms with Gasteiger partial charge in [0.1, 0.15) is 0 Å². The Morgan fingerprint density at radius 2 is 1.81 bits per heavy atom. The van der Waals surface area contributed by atoms with Crippen molar-refractivity contribution in [2.24, 2.45) is 5.92 Å². The van der Waals surface area contributed by atoms with Crippen molar-refractivity contribution >= 4 is 16.7 Å². The monoisotopic (exact) mass is 419 g/mol. The van der Waals surface area contributed by atoms with Crippen LogP contribution in [0, 0.1) is 5.92 Å². The summed E-state index contributed by atoms with van der Waals surface area (Å²) in [5.74, 6) is 0.489. The number of benzene rings is 3. The van der Waals surface area contributed by atoms with E-state index in [1.165, 1.54) is 16.3 Å². The highest BCUT2D eigenvalue weighted by molar-refractivity contribution is 5.86. The summed E-state index contributed by atoms with van der Waals surface area (Å²) in [7, 11) is 1.66. The molecule has 5 nitrogen and oxygen atoms in total. The van der Waals surface area contributed by atoms with Crippen LogP contribution in [0.1, 0.15) is 36.9 Å². The number of hydrogen-bond donors (Lipinski definition) is 1. The van der Waals surface area contributed by atoms with Crippen LogP contribution in [-0.4, -0.2) is 42.8 Å². The molecule has 0 spiro atoms. The Morgan fingerprint density at radius 1 is 1.06 bits per heavy atom. The van der Waals surface area contributed by atoms with Crippen molar-refractivity contribution in [1.82, 2.24) is 4.90 Å². The summed E-state index contributed by atoms with van der Waals surface area (Å²) in [6.07, 6.45) is 1.32. The van der Waals surface area contributed by atoms with E-state index < -0.39 is 5.97 Å². The Labute approximate surface area is 183 Å². The smallest absolute Gasteiger partial charge is 0.306 e. The molecule has 1 N–H and O–H groups in total. The van der Waals surface area contributed by atoms with Gasteiger partial charge in [-0.2, -0.15) is 0 Å². The van der Waals surface area contributed by atoms with Gasteiger partial charge < -0.3 is 14.6 Å². The summed E-state index contributed by atoms with van der Waals surface area (Å²) in [4.78, 5) is 13.9. The lowest BCUT2D eigenvalue weighted by atomic mass is 9.89. The highest BCUT2D eigenvalue weighted by Crippen LogP contribution is 2.39. The van der Waals surface area contributed by atoms with Crippen LogP contribution >= 0.6 is 0 Å². The first-order chi connectivity index (χ1) is 15.1. The van der Waals surface area contributed by atoms with Crippen LogP contribution in [0.4, 0.5) is 0 Å². The van der Waals surface area contributed by atoms with E-state index in [4.69, 9.17) is 9.47 Å². The third-order valence-electron chi connectivity index (χ3n) is 6.17. The Kier molecular flexibility index (Phi) is 6.42. The number of fused-ring (bicyclic) bond motifs is 1. The average Bonchev–Trinajstić information content (AvgIpc) is 2.80. The van der Waals surface area contributed by atoms with Crippen LogP contribution in [0.3, 0.4) is 0 Å². The summed E-state index contributed by atoms with van der Waals surface area (Å²) in [5, 5.41) is 11.8. The van der Waals surface area contributed by atoms with Crippen LogP contribution in [0.2, 0.25) is 0 Å². The topological polar surface area (TPSA) is 59.0 Å². The molecule has 3 aromatic rings. The summed E-state index contributed by atoms with van der Waals surface area (Å²) in [6, 6.07) is 21.0. The Bertz CT molecular complexity index is 1050. The van der Waals surface area contributed by atoms with Gasteiger partial charge in [-0.05, 0) is 66.9 Å². The van der Waals surface area contributed by atoms with Crippen molar-refractivity contribution in [2.75, 3.05) is 26.8 Å². The number of ether oxygens (including phenoxy) is 2. The van der Waals surface area contributed by atoms with Gasteiger partial charge in [-0.15, -0.1) is 0 Å². The van der Waals surface area contributed by atoms with Crippen molar-refractivity contribution in [3.8, 4) is 11.5 Å². The molecule has 0 aliphatic carbocycles. The van der Waals surface area contributed by atoms with Crippen LogP contribution in [0.15, 0.2) is 60.7 Å². The van der Waals surface area contributed by atoms with Gasteiger partial charge in [-0.3, -0.25) is 9.69 Å². The minimum atomic E-state index is -0.691. The quantitative estimate of drug-likeness (QED) is 0.575. The van der Waals surface area contributed by atoms with Crippen LogP contribution < -0.4 is 9.47 Å². The predicted octanol–water partition coefficient (Wildman–Crippen LogP) is 5.13. The van der Waals surface area contributed by atoms with Crippen molar-refractivity contribution in [1.29, 1.82) is 0 Å². The summed E-state index contributed by atoms with van der Waals surface area (Å²) in [6.45, 7) is 4.00. The Balaban J connectivity index is 1.79. The maximum absolute atomic E-state index is 11.5. The molecule has 0 amide bonds. The fourth-order valence-corrected chi connectivity index (χ4v) is 4.61. The van der Waals surface area contributed by atoms with Gasteiger partial charge in [0.2, 0.25) is 0 Å². The van der Waals surface area contributed by atoms with Gasteiger partial charge in [-0.25, -0.2) is 0 Å². The van der Waals surface area contributed by atoms with Gasteiger partial charge >= 0.3 is 5.97 Å².